The second kappa shape index (κ2) is 4.20. The predicted octanol–water partition coefficient (Wildman–Crippen LogP) is 3.47. The Morgan fingerprint density at radius 1 is 1.12 bits per heavy atom. The summed E-state index contributed by atoms with van der Waals surface area (Å²) in [4.78, 5) is 1.94. The Balaban J connectivity index is 2.25. The van der Waals surface area contributed by atoms with Crippen LogP contribution >= 0.6 is 0 Å². The van der Waals surface area contributed by atoms with Crippen molar-refractivity contribution in [1.82, 2.24) is 0 Å². The van der Waals surface area contributed by atoms with Crippen LogP contribution in [-0.4, -0.2) is 13.1 Å². The number of halogens is 3. The third kappa shape index (κ3) is 2.38. The highest BCUT2D eigenvalue weighted by Gasteiger charge is 2.30. The van der Waals surface area contributed by atoms with Crippen LogP contribution in [0.25, 0.3) is 0 Å². The summed E-state index contributed by atoms with van der Waals surface area (Å²) in [6, 6.07) is 5.48. The lowest BCUT2D eigenvalue weighted by Crippen LogP contribution is -2.26. The van der Waals surface area contributed by atoms with E-state index < -0.39 is 11.7 Å². The summed E-state index contributed by atoms with van der Waals surface area (Å²) < 4.78 is 37.5. The molecule has 1 nitrogen and oxygen atoms in total. The molecule has 0 fully saturated rings. The minimum Gasteiger partial charge on any atom is -0.367 e. The maximum atomic E-state index is 12.5. The maximum absolute atomic E-state index is 12.5. The Kier molecular flexibility index (Phi) is 2.90. The molecule has 0 bridgehead atoms. The van der Waals surface area contributed by atoms with Gasteiger partial charge in [-0.25, -0.2) is 0 Å². The zero-order valence-corrected chi connectivity index (χ0v) is 8.67. The zero-order chi connectivity index (χ0) is 11.6. The molecule has 0 unspecified atom stereocenters. The molecular weight excluding hydrogens is 215 g/mol. The normalized spacial score (nSPS) is 16.6. The quantitative estimate of drug-likeness (QED) is 0.664. The molecule has 1 aromatic rings. The van der Waals surface area contributed by atoms with Gasteiger partial charge in [0, 0.05) is 18.8 Å². The maximum Gasteiger partial charge on any atom is 0.416 e. The van der Waals surface area contributed by atoms with E-state index in [1.165, 1.54) is 12.1 Å². The molecule has 0 amide bonds. The molecule has 2 rings (SSSR count). The van der Waals surface area contributed by atoms with Crippen molar-refractivity contribution in [2.45, 2.75) is 12.6 Å². The number of rotatable bonds is 1. The standard InChI is InChI=1S/C12H12F3N/c13-12(14,15)10-5-4-6-11(9-10)16-7-2-1-3-8-16/h1-2,4-6,9H,3,7-8H2. The van der Waals surface area contributed by atoms with Gasteiger partial charge in [0.15, 0.2) is 0 Å². The molecule has 86 valence electrons. The smallest absolute Gasteiger partial charge is 0.367 e. The van der Waals surface area contributed by atoms with Gasteiger partial charge in [-0.1, -0.05) is 18.2 Å². The summed E-state index contributed by atoms with van der Waals surface area (Å²) in [6.45, 7) is 1.46. The van der Waals surface area contributed by atoms with Crippen molar-refractivity contribution in [3.8, 4) is 0 Å². The first-order valence-electron chi connectivity index (χ1n) is 5.14. The van der Waals surface area contributed by atoms with E-state index in [9.17, 15) is 13.2 Å². The Morgan fingerprint density at radius 2 is 1.94 bits per heavy atom. The third-order valence-corrected chi connectivity index (χ3v) is 2.60. The summed E-state index contributed by atoms with van der Waals surface area (Å²) in [6.07, 6.45) is 0.645. The molecule has 16 heavy (non-hydrogen) atoms. The van der Waals surface area contributed by atoms with Crippen LogP contribution in [0.1, 0.15) is 12.0 Å². The molecule has 0 aromatic heterocycles. The van der Waals surface area contributed by atoms with E-state index in [-0.39, 0.29) is 0 Å². The highest BCUT2D eigenvalue weighted by atomic mass is 19.4. The van der Waals surface area contributed by atoms with Crippen LogP contribution in [0.4, 0.5) is 18.9 Å². The Bertz CT molecular complexity index is 395. The predicted molar refractivity (Wildman–Crippen MR) is 57.4 cm³/mol. The van der Waals surface area contributed by atoms with Crippen LogP contribution in [0.3, 0.4) is 0 Å². The molecule has 0 atom stereocenters. The molecule has 0 aliphatic carbocycles. The van der Waals surface area contributed by atoms with Gasteiger partial charge in [0.25, 0.3) is 0 Å². The average Bonchev–Trinajstić information content (AvgIpc) is 2.29. The summed E-state index contributed by atoms with van der Waals surface area (Å²) in [7, 11) is 0. The first kappa shape index (κ1) is 11.0. The lowest BCUT2D eigenvalue weighted by atomic mass is 10.1. The van der Waals surface area contributed by atoms with Gasteiger partial charge in [-0.2, -0.15) is 13.2 Å². The van der Waals surface area contributed by atoms with E-state index in [0.717, 1.165) is 19.0 Å². The highest BCUT2D eigenvalue weighted by molar-refractivity contribution is 5.50. The molecule has 0 saturated heterocycles. The molecule has 0 spiro atoms. The molecule has 0 saturated carbocycles. The first-order chi connectivity index (χ1) is 7.57. The van der Waals surface area contributed by atoms with E-state index in [0.29, 0.717) is 12.2 Å². The van der Waals surface area contributed by atoms with Crippen molar-refractivity contribution in [2.24, 2.45) is 0 Å². The number of alkyl halides is 3. The monoisotopic (exact) mass is 227 g/mol. The van der Waals surface area contributed by atoms with Crippen molar-refractivity contribution in [2.75, 3.05) is 18.0 Å². The largest absolute Gasteiger partial charge is 0.416 e. The molecule has 1 aliphatic rings. The molecule has 0 radical (unpaired) electrons. The number of hydrogen-bond donors (Lipinski definition) is 0. The Labute approximate surface area is 92.2 Å². The summed E-state index contributed by atoms with van der Waals surface area (Å²) >= 11 is 0. The van der Waals surface area contributed by atoms with Crippen LogP contribution in [0.15, 0.2) is 36.4 Å². The van der Waals surface area contributed by atoms with E-state index in [4.69, 9.17) is 0 Å². The van der Waals surface area contributed by atoms with Gasteiger partial charge in [0.05, 0.1) is 5.56 Å². The number of nitrogens with zero attached hydrogens (tertiary/aromatic N) is 1. The zero-order valence-electron chi connectivity index (χ0n) is 8.67. The van der Waals surface area contributed by atoms with Gasteiger partial charge < -0.3 is 4.90 Å². The molecule has 1 heterocycles. The van der Waals surface area contributed by atoms with Crippen LogP contribution in [0.5, 0.6) is 0 Å². The van der Waals surface area contributed by atoms with Gasteiger partial charge in [0.2, 0.25) is 0 Å². The second-order valence-corrected chi connectivity index (χ2v) is 3.75. The molecule has 4 heteroatoms. The fourth-order valence-electron chi connectivity index (χ4n) is 1.75. The van der Waals surface area contributed by atoms with Crippen LogP contribution in [0, 0.1) is 0 Å². The van der Waals surface area contributed by atoms with Crippen molar-refractivity contribution in [1.29, 1.82) is 0 Å². The van der Waals surface area contributed by atoms with Crippen molar-refractivity contribution >= 4 is 5.69 Å². The number of hydrogen-bond acceptors (Lipinski definition) is 1. The van der Waals surface area contributed by atoms with E-state index in [2.05, 4.69) is 0 Å². The van der Waals surface area contributed by atoms with Gasteiger partial charge in [0.1, 0.15) is 0 Å². The minimum atomic E-state index is -4.26. The van der Waals surface area contributed by atoms with E-state index in [1.807, 2.05) is 17.1 Å². The van der Waals surface area contributed by atoms with Gasteiger partial charge >= 0.3 is 6.18 Å². The van der Waals surface area contributed by atoms with Crippen molar-refractivity contribution in [3.05, 3.63) is 42.0 Å². The lowest BCUT2D eigenvalue weighted by Gasteiger charge is -2.26. The van der Waals surface area contributed by atoms with Gasteiger partial charge in [-0.3, -0.25) is 0 Å². The molecular formula is C12H12F3N. The van der Waals surface area contributed by atoms with E-state index in [1.54, 1.807) is 6.07 Å². The fraction of sp³-hybridized carbons (Fsp3) is 0.333. The Morgan fingerprint density at radius 3 is 2.56 bits per heavy atom. The molecule has 0 N–H and O–H groups in total. The Hall–Kier alpha value is -1.45. The number of anilines is 1. The van der Waals surface area contributed by atoms with Crippen LogP contribution in [-0.2, 0) is 6.18 Å². The summed E-state index contributed by atoms with van der Waals surface area (Å²) in [5.74, 6) is 0. The highest BCUT2D eigenvalue weighted by Crippen LogP contribution is 2.31. The first-order valence-corrected chi connectivity index (χ1v) is 5.14. The third-order valence-electron chi connectivity index (χ3n) is 2.60. The van der Waals surface area contributed by atoms with Gasteiger partial charge in [-0.05, 0) is 24.6 Å². The SMILES string of the molecule is FC(F)(F)c1cccc(N2CC=CCC2)c1. The lowest BCUT2D eigenvalue weighted by molar-refractivity contribution is -0.137. The van der Waals surface area contributed by atoms with Crippen LogP contribution in [0.2, 0.25) is 0 Å². The van der Waals surface area contributed by atoms with E-state index >= 15 is 0 Å². The second-order valence-electron chi connectivity index (χ2n) is 3.75. The van der Waals surface area contributed by atoms with Gasteiger partial charge in [-0.15, -0.1) is 0 Å². The van der Waals surface area contributed by atoms with Crippen molar-refractivity contribution < 1.29 is 13.2 Å². The van der Waals surface area contributed by atoms with Crippen molar-refractivity contribution in [3.63, 3.8) is 0 Å². The average molecular weight is 227 g/mol. The summed E-state index contributed by atoms with van der Waals surface area (Å²) in [5, 5.41) is 0. The molecule has 1 aromatic carbocycles. The van der Waals surface area contributed by atoms with Crippen LogP contribution < -0.4 is 4.90 Å². The number of benzene rings is 1. The fourth-order valence-corrected chi connectivity index (χ4v) is 1.75. The molecule has 1 aliphatic heterocycles. The topological polar surface area (TPSA) is 3.24 Å². The summed E-state index contributed by atoms with van der Waals surface area (Å²) in [5.41, 5.74) is 0.0544. The minimum absolute atomic E-state index is 0.584.